The molecule has 10 heteroatoms. The summed E-state index contributed by atoms with van der Waals surface area (Å²) in [5.74, 6) is 0.214. The second kappa shape index (κ2) is 13.2. The molecule has 0 spiro atoms. The number of hydrogen-bond acceptors (Lipinski definition) is 6. The number of benzene rings is 2. The quantitative estimate of drug-likeness (QED) is 0.436. The van der Waals surface area contributed by atoms with Crippen LogP contribution in [0, 0.1) is 6.92 Å². The SMILES string of the molecule is CCCNC(=O)[C@@H](CC)N(Cc1ccc(OC)cc1)C(=O)CN(c1cc(C)ccc1OC)S(C)(=O)=O. The van der Waals surface area contributed by atoms with Crippen LogP contribution in [-0.2, 0) is 26.2 Å². The fraction of sp³-hybridized carbons (Fsp3) is 0.462. The minimum absolute atomic E-state index is 0.128. The number of aryl methyl sites for hydroxylation is 1. The number of ether oxygens (including phenoxy) is 2. The highest BCUT2D eigenvalue weighted by Crippen LogP contribution is 2.31. The molecule has 0 bridgehead atoms. The Bertz CT molecular complexity index is 1130. The Morgan fingerprint density at radius 2 is 1.69 bits per heavy atom. The maximum atomic E-state index is 13.7. The van der Waals surface area contributed by atoms with Gasteiger partial charge in [0.25, 0.3) is 0 Å². The van der Waals surface area contributed by atoms with E-state index >= 15 is 0 Å². The van der Waals surface area contributed by atoms with Crippen molar-refractivity contribution in [3.05, 3.63) is 53.6 Å². The highest BCUT2D eigenvalue weighted by molar-refractivity contribution is 7.92. The van der Waals surface area contributed by atoms with Crippen LogP contribution in [-0.4, -0.2) is 64.7 Å². The maximum Gasteiger partial charge on any atom is 0.244 e. The lowest BCUT2D eigenvalue weighted by atomic mass is 10.1. The van der Waals surface area contributed by atoms with Crippen molar-refractivity contribution in [2.24, 2.45) is 0 Å². The Kier molecular flexibility index (Phi) is 10.6. The average molecular weight is 520 g/mol. The van der Waals surface area contributed by atoms with E-state index in [0.717, 1.165) is 28.1 Å². The number of nitrogens with zero attached hydrogens (tertiary/aromatic N) is 2. The van der Waals surface area contributed by atoms with Crippen molar-refractivity contribution in [2.75, 3.05) is 37.9 Å². The first-order chi connectivity index (χ1) is 17.0. The van der Waals surface area contributed by atoms with E-state index < -0.39 is 28.5 Å². The lowest BCUT2D eigenvalue weighted by Crippen LogP contribution is -2.52. The smallest absolute Gasteiger partial charge is 0.244 e. The lowest BCUT2D eigenvalue weighted by Gasteiger charge is -2.33. The number of anilines is 1. The van der Waals surface area contributed by atoms with Crippen LogP contribution in [0.1, 0.15) is 37.8 Å². The molecule has 1 N–H and O–H groups in total. The zero-order chi connectivity index (χ0) is 26.9. The minimum atomic E-state index is -3.86. The van der Waals surface area contributed by atoms with Crippen LogP contribution in [0.3, 0.4) is 0 Å². The monoisotopic (exact) mass is 519 g/mol. The van der Waals surface area contributed by atoms with Crippen LogP contribution in [0.5, 0.6) is 11.5 Å². The Labute approximate surface area is 214 Å². The first kappa shape index (κ1) is 29.0. The third-order valence-electron chi connectivity index (χ3n) is 5.73. The normalized spacial score (nSPS) is 11.9. The molecule has 0 heterocycles. The molecule has 0 aromatic heterocycles. The van der Waals surface area contributed by atoms with E-state index in [-0.39, 0.29) is 18.1 Å². The van der Waals surface area contributed by atoms with E-state index in [1.165, 1.54) is 12.0 Å². The second-order valence-electron chi connectivity index (χ2n) is 8.53. The molecule has 0 aliphatic rings. The molecule has 0 saturated carbocycles. The number of carbonyl (C=O) groups is 2. The molecule has 2 aromatic carbocycles. The molecule has 0 unspecified atom stereocenters. The van der Waals surface area contributed by atoms with Gasteiger partial charge in [-0.2, -0.15) is 0 Å². The fourth-order valence-electron chi connectivity index (χ4n) is 3.80. The molecule has 9 nitrogen and oxygen atoms in total. The van der Waals surface area contributed by atoms with Crippen LogP contribution < -0.4 is 19.1 Å². The van der Waals surface area contributed by atoms with Crippen LogP contribution in [0.4, 0.5) is 5.69 Å². The molecule has 2 aromatic rings. The number of hydrogen-bond donors (Lipinski definition) is 1. The van der Waals surface area contributed by atoms with Gasteiger partial charge in [-0.05, 0) is 55.2 Å². The standard InChI is InChI=1S/C26H37N3O6S/c1-7-15-27-26(31)22(8-2)28(17-20-10-12-21(34-4)13-11-20)25(30)18-29(36(6,32)33)23-16-19(3)9-14-24(23)35-5/h9-14,16,22H,7-8,15,17-18H2,1-6H3,(H,27,31)/t22-/m1/s1. The van der Waals surface area contributed by atoms with Gasteiger partial charge >= 0.3 is 0 Å². The van der Waals surface area contributed by atoms with Gasteiger partial charge in [-0.15, -0.1) is 0 Å². The van der Waals surface area contributed by atoms with Crippen molar-refractivity contribution in [2.45, 2.75) is 46.2 Å². The van der Waals surface area contributed by atoms with E-state index in [9.17, 15) is 18.0 Å². The zero-order valence-electron chi connectivity index (χ0n) is 21.9. The molecule has 198 valence electrons. The van der Waals surface area contributed by atoms with Gasteiger partial charge in [-0.1, -0.05) is 32.0 Å². The van der Waals surface area contributed by atoms with Crippen molar-refractivity contribution >= 4 is 27.5 Å². The van der Waals surface area contributed by atoms with Gasteiger partial charge in [0.15, 0.2) is 0 Å². The lowest BCUT2D eigenvalue weighted by molar-refractivity contribution is -0.140. The average Bonchev–Trinajstić information content (AvgIpc) is 2.85. The maximum absolute atomic E-state index is 13.7. The molecule has 0 aliphatic carbocycles. The summed E-state index contributed by atoms with van der Waals surface area (Å²) in [7, 11) is -0.849. The van der Waals surface area contributed by atoms with E-state index in [0.29, 0.717) is 24.5 Å². The van der Waals surface area contributed by atoms with Crippen molar-refractivity contribution in [1.29, 1.82) is 0 Å². The Hall–Kier alpha value is -3.27. The summed E-state index contributed by atoms with van der Waals surface area (Å²) in [6, 6.07) is 11.5. The number of amides is 2. The van der Waals surface area contributed by atoms with E-state index in [1.54, 1.807) is 37.4 Å². The van der Waals surface area contributed by atoms with Gasteiger partial charge in [0, 0.05) is 13.1 Å². The Morgan fingerprint density at radius 3 is 2.22 bits per heavy atom. The number of rotatable bonds is 13. The van der Waals surface area contributed by atoms with Crippen LogP contribution in [0.25, 0.3) is 0 Å². The topological polar surface area (TPSA) is 105 Å². The Balaban J connectivity index is 2.48. The molecule has 0 aliphatic heterocycles. The highest BCUT2D eigenvalue weighted by atomic mass is 32.2. The summed E-state index contributed by atoms with van der Waals surface area (Å²) in [6.07, 6.45) is 2.16. The zero-order valence-corrected chi connectivity index (χ0v) is 22.7. The molecular weight excluding hydrogens is 482 g/mol. The van der Waals surface area contributed by atoms with Crippen molar-refractivity contribution in [3.63, 3.8) is 0 Å². The van der Waals surface area contributed by atoms with Crippen LogP contribution in [0.2, 0.25) is 0 Å². The Morgan fingerprint density at radius 1 is 1.03 bits per heavy atom. The van der Waals surface area contributed by atoms with Gasteiger partial charge in [-0.3, -0.25) is 13.9 Å². The van der Waals surface area contributed by atoms with Crippen LogP contribution in [0.15, 0.2) is 42.5 Å². The number of carbonyl (C=O) groups excluding carboxylic acids is 2. The fourth-order valence-corrected chi connectivity index (χ4v) is 4.65. The molecule has 0 fully saturated rings. The van der Waals surface area contributed by atoms with Gasteiger partial charge in [-0.25, -0.2) is 8.42 Å². The third-order valence-corrected chi connectivity index (χ3v) is 6.86. The predicted molar refractivity (Wildman–Crippen MR) is 141 cm³/mol. The summed E-state index contributed by atoms with van der Waals surface area (Å²) >= 11 is 0. The third kappa shape index (κ3) is 7.61. The van der Waals surface area contributed by atoms with E-state index in [4.69, 9.17) is 9.47 Å². The summed E-state index contributed by atoms with van der Waals surface area (Å²) in [5, 5.41) is 2.86. The largest absolute Gasteiger partial charge is 0.497 e. The highest BCUT2D eigenvalue weighted by Gasteiger charge is 2.32. The minimum Gasteiger partial charge on any atom is -0.497 e. The molecule has 36 heavy (non-hydrogen) atoms. The summed E-state index contributed by atoms with van der Waals surface area (Å²) in [6.45, 7) is 5.72. The number of methoxy groups -OCH3 is 2. The van der Waals surface area contributed by atoms with Crippen LogP contribution >= 0.6 is 0 Å². The van der Waals surface area contributed by atoms with Gasteiger partial charge in [0.2, 0.25) is 21.8 Å². The predicted octanol–water partition coefficient (Wildman–Crippen LogP) is 3.11. The number of nitrogens with one attached hydrogen (secondary N) is 1. The van der Waals surface area contributed by atoms with Gasteiger partial charge in [0.05, 0.1) is 26.2 Å². The molecule has 0 saturated heterocycles. The summed E-state index contributed by atoms with van der Waals surface area (Å²) in [5.41, 5.74) is 1.86. The summed E-state index contributed by atoms with van der Waals surface area (Å²) < 4.78 is 37.3. The molecular formula is C26H37N3O6S. The van der Waals surface area contributed by atoms with Crippen molar-refractivity contribution in [3.8, 4) is 11.5 Å². The number of sulfonamides is 1. The van der Waals surface area contributed by atoms with E-state index in [1.807, 2.05) is 32.9 Å². The molecule has 2 rings (SSSR count). The van der Waals surface area contributed by atoms with Gasteiger partial charge < -0.3 is 19.7 Å². The first-order valence-electron chi connectivity index (χ1n) is 11.9. The van der Waals surface area contributed by atoms with Gasteiger partial charge in [0.1, 0.15) is 24.1 Å². The first-order valence-corrected chi connectivity index (χ1v) is 13.7. The van der Waals surface area contributed by atoms with E-state index in [2.05, 4.69) is 5.32 Å². The summed E-state index contributed by atoms with van der Waals surface area (Å²) in [4.78, 5) is 28.2. The molecule has 2 amide bonds. The van der Waals surface area contributed by atoms with Crippen molar-refractivity contribution < 1.29 is 27.5 Å². The van der Waals surface area contributed by atoms with Crippen molar-refractivity contribution in [1.82, 2.24) is 10.2 Å². The molecule has 1 atom stereocenters. The molecule has 0 radical (unpaired) electrons. The second-order valence-corrected chi connectivity index (χ2v) is 10.4.